The number of likely N-dealkylation sites (N-methyl/N-ethyl adjacent to an activating group) is 1. The van der Waals surface area contributed by atoms with E-state index in [1.807, 2.05) is 24.5 Å². The average molecular weight is 224 g/mol. The molecule has 0 unspecified atom stereocenters. The zero-order valence-electron chi connectivity index (χ0n) is 8.94. The fraction of sp³-hybridized carbons (Fsp3) is 0.364. The van der Waals surface area contributed by atoms with Crippen molar-refractivity contribution in [2.45, 2.75) is 6.42 Å². The topological polar surface area (TPSA) is 20.5 Å². The summed E-state index contributed by atoms with van der Waals surface area (Å²) in [5.41, 5.74) is 1.05. The molecule has 0 bridgehead atoms. The summed E-state index contributed by atoms with van der Waals surface area (Å²) in [6.45, 7) is 1.00. The first-order valence-corrected chi connectivity index (χ1v) is 5.31. The van der Waals surface area contributed by atoms with Crippen LogP contribution in [0, 0.1) is 0 Å². The molecule has 0 fully saturated rings. The van der Waals surface area contributed by atoms with Gasteiger partial charge in [0.25, 0.3) is 0 Å². The highest BCUT2D eigenvalue weighted by Crippen LogP contribution is 2.14. The fourth-order valence-corrected chi connectivity index (χ4v) is 1.70. The average Bonchev–Trinajstić information content (AvgIpc) is 2.57. The highest BCUT2D eigenvalue weighted by atomic mass is 35.5. The molecule has 0 spiro atoms. The van der Waals surface area contributed by atoms with E-state index >= 15 is 0 Å². The van der Waals surface area contributed by atoms with Crippen molar-refractivity contribution in [1.29, 1.82) is 0 Å². The Morgan fingerprint density at radius 1 is 1.47 bits per heavy atom. The first-order chi connectivity index (χ1) is 7.16. The summed E-state index contributed by atoms with van der Waals surface area (Å²) < 4.78 is 2.08. The normalized spacial score (nSPS) is 11.5. The maximum Gasteiger partial charge on any atom is 0.114 e. The van der Waals surface area contributed by atoms with E-state index in [4.69, 9.17) is 11.6 Å². The number of hydrogen-bond donors (Lipinski definition) is 0. The van der Waals surface area contributed by atoms with Gasteiger partial charge in [0.2, 0.25) is 0 Å². The van der Waals surface area contributed by atoms with Crippen molar-refractivity contribution in [2.24, 2.45) is 0 Å². The van der Waals surface area contributed by atoms with Crippen LogP contribution in [0.2, 0.25) is 5.02 Å². The Labute approximate surface area is 94.3 Å². The van der Waals surface area contributed by atoms with Crippen molar-refractivity contribution < 1.29 is 0 Å². The zero-order valence-corrected chi connectivity index (χ0v) is 9.70. The van der Waals surface area contributed by atoms with Gasteiger partial charge in [0.15, 0.2) is 0 Å². The molecule has 4 heteroatoms. The molecule has 0 aliphatic heterocycles. The fourth-order valence-electron chi connectivity index (χ4n) is 1.54. The summed E-state index contributed by atoms with van der Waals surface area (Å²) in [6, 6.07) is 3.81. The Bertz CT molecular complexity index is 462. The molecule has 0 saturated heterocycles. The van der Waals surface area contributed by atoms with E-state index < -0.39 is 0 Å². The lowest BCUT2D eigenvalue weighted by Gasteiger charge is -2.08. The molecule has 15 heavy (non-hydrogen) atoms. The standard InChI is InChI=1S/C11H14ClN3/c1-14(2)5-4-11-13-8-10-7-9(12)3-6-15(10)11/h3,6-8H,4-5H2,1-2H3. The SMILES string of the molecule is CN(C)CCc1ncc2cc(Cl)ccn12. The van der Waals surface area contributed by atoms with E-state index in [0.717, 1.165) is 29.3 Å². The van der Waals surface area contributed by atoms with Gasteiger partial charge >= 0.3 is 0 Å². The van der Waals surface area contributed by atoms with Crippen molar-refractivity contribution in [3.63, 3.8) is 0 Å². The molecule has 0 aliphatic carbocycles. The zero-order chi connectivity index (χ0) is 10.8. The van der Waals surface area contributed by atoms with Crippen LogP contribution in [-0.4, -0.2) is 34.9 Å². The number of nitrogens with zero attached hydrogens (tertiary/aromatic N) is 3. The molecule has 0 N–H and O–H groups in total. The number of fused-ring (bicyclic) bond motifs is 1. The van der Waals surface area contributed by atoms with Crippen LogP contribution in [0.3, 0.4) is 0 Å². The van der Waals surface area contributed by atoms with Crippen molar-refractivity contribution in [3.05, 3.63) is 35.4 Å². The van der Waals surface area contributed by atoms with Gasteiger partial charge in [-0.15, -0.1) is 0 Å². The van der Waals surface area contributed by atoms with Crippen molar-refractivity contribution in [1.82, 2.24) is 14.3 Å². The summed E-state index contributed by atoms with van der Waals surface area (Å²) >= 11 is 5.91. The van der Waals surface area contributed by atoms with Gasteiger partial charge in [-0.25, -0.2) is 4.98 Å². The first kappa shape index (κ1) is 10.5. The molecule has 0 radical (unpaired) electrons. The van der Waals surface area contributed by atoms with E-state index in [1.165, 1.54) is 0 Å². The third kappa shape index (κ3) is 2.30. The second-order valence-corrected chi connectivity index (χ2v) is 4.30. The van der Waals surface area contributed by atoms with Gasteiger partial charge in [-0.2, -0.15) is 0 Å². The number of imidazole rings is 1. The maximum absolute atomic E-state index is 5.91. The summed E-state index contributed by atoms with van der Waals surface area (Å²) in [6.07, 6.45) is 4.77. The van der Waals surface area contributed by atoms with E-state index in [2.05, 4.69) is 28.4 Å². The Kier molecular flexibility index (Phi) is 2.93. The number of hydrogen-bond acceptors (Lipinski definition) is 2. The van der Waals surface area contributed by atoms with Crippen LogP contribution in [0.25, 0.3) is 5.52 Å². The van der Waals surface area contributed by atoms with Crippen LogP contribution in [0.4, 0.5) is 0 Å². The lowest BCUT2D eigenvalue weighted by atomic mass is 10.3. The molecule has 2 aromatic heterocycles. The molecular weight excluding hydrogens is 210 g/mol. The summed E-state index contributed by atoms with van der Waals surface area (Å²) in [5, 5.41) is 0.751. The Hall–Kier alpha value is -1.06. The van der Waals surface area contributed by atoms with Crippen LogP contribution in [0.5, 0.6) is 0 Å². The molecule has 3 nitrogen and oxygen atoms in total. The highest BCUT2D eigenvalue weighted by molar-refractivity contribution is 6.30. The quantitative estimate of drug-likeness (QED) is 0.795. The molecule has 0 atom stereocenters. The van der Waals surface area contributed by atoms with Crippen LogP contribution in [0.1, 0.15) is 5.82 Å². The van der Waals surface area contributed by atoms with Gasteiger partial charge in [-0.1, -0.05) is 11.6 Å². The molecule has 2 aromatic rings. The van der Waals surface area contributed by atoms with Gasteiger partial charge in [0.1, 0.15) is 5.82 Å². The smallest absolute Gasteiger partial charge is 0.114 e. The second-order valence-electron chi connectivity index (χ2n) is 3.87. The monoisotopic (exact) mass is 223 g/mol. The predicted molar refractivity (Wildman–Crippen MR) is 62.5 cm³/mol. The highest BCUT2D eigenvalue weighted by Gasteiger charge is 2.03. The van der Waals surface area contributed by atoms with Crippen LogP contribution in [-0.2, 0) is 6.42 Å². The lowest BCUT2D eigenvalue weighted by Crippen LogP contribution is -2.16. The van der Waals surface area contributed by atoms with E-state index in [1.54, 1.807) is 0 Å². The molecule has 0 aliphatic rings. The van der Waals surface area contributed by atoms with Crippen LogP contribution < -0.4 is 0 Å². The minimum Gasteiger partial charge on any atom is -0.309 e. The minimum atomic E-state index is 0.751. The Morgan fingerprint density at radius 2 is 2.27 bits per heavy atom. The van der Waals surface area contributed by atoms with Gasteiger partial charge in [-0.05, 0) is 26.2 Å². The summed E-state index contributed by atoms with van der Waals surface area (Å²) in [7, 11) is 4.12. The van der Waals surface area contributed by atoms with Gasteiger partial charge in [0.05, 0.1) is 11.7 Å². The lowest BCUT2D eigenvalue weighted by molar-refractivity contribution is 0.409. The van der Waals surface area contributed by atoms with Gasteiger partial charge < -0.3 is 9.30 Å². The van der Waals surface area contributed by atoms with Crippen LogP contribution >= 0.6 is 11.6 Å². The minimum absolute atomic E-state index is 0.751. The van der Waals surface area contributed by atoms with Crippen molar-refractivity contribution in [3.8, 4) is 0 Å². The second kappa shape index (κ2) is 4.21. The third-order valence-corrected chi connectivity index (χ3v) is 2.59. The number of rotatable bonds is 3. The van der Waals surface area contributed by atoms with Crippen LogP contribution in [0.15, 0.2) is 24.5 Å². The molecule has 0 aromatic carbocycles. The number of aromatic nitrogens is 2. The number of halogens is 1. The molecule has 0 saturated carbocycles. The van der Waals surface area contributed by atoms with Gasteiger partial charge in [0, 0.05) is 24.2 Å². The predicted octanol–water partition coefficient (Wildman–Crippen LogP) is 2.09. The van der Waals surface area contributed by atoms with E-state index in [0.29, 0.717) is 0 Å². The first-order valence-electron chi connectivity index (χ1n) is 4.93. The van der Waals surface area contributed by atoms with E-state index in [-0.39, 0.29) is 0 Å². The maximum atomic E-state index is 5.91. The molecular formula is C11H14ClN3. The molecule has 80 valence electrons. The summed E-state index contributed by atoms with van der Waals surface area (Å²) in [5.74, 6) is 1.08. The molecule has 0 amide bonds. The third-order valence-electron chi connectivity index (χ3n) is 2.35. The summed E-state index contributed by atoms with van der Waals surface area (Å²) in [4.78, 5) is 6.54. The van der Waals surface area contributed by atoms with Crippen molar-refractivity contribution in [2.75, 3.05) is 20.6 Å². The molecule has 2 rings (SSSR count). The Balaban J connectivity index is 2.29. The van der Waals surface area contributed by atoms with Gasteiger partial charge in [-0.3, -0.25) is 0 Å². The van der Waals surface area contributed by atoms with E-state index in [9.17, 15) is 0 Å². The number of pyridine rings is 1. The Morgan fingerprint density at radius 3 is 3.00 bits per heavy atom. The largest absolute Gasteiger partial charge is 0.309 e. The molecule has 2 heterocycles. The van der Waals surface area contributed by atoms with Crippen molar-refractivity contribution >= 4 is 17.1 Å².